The zero-order chi connectivity index (χ0) is 18.7. The van der Waals surface area contributed by atoms with Crippen molar-refractivity contribution < 1.29 is 9.18 Å². The number of anilines is 1. The number of aryl methyl sites for hydroxylation is 1. The number of hydrogen-bond acceptors (Lipinski definition) is 5. The minimum Gasteiger partial charge on any atom is -0.323 e. The van der Waals surface area contributed by atoms with Crippen molar-refractivity contribution in [1.82, 2.24) is 20.2 Å². The topological polar surface area (TPSA) is 72.7 Å². The number of carbonyl (C=O) groups is 1. The molecule has 1 unspecified atom stereocenters. The lowest BCUT2D eigenvalue weighted by atomic mass is 10.2. The van der Waals surface area contributed by atoms with Gasteiger partial charge < -0.3 is 5.32 Å². The van der Waals surface area contributed by atoms with Crippen LogP contribution in [0, 0.1) is 12.7 Å². The van der Waals surface area contributed by atoms with E-state index in [1.807, 2.05) is 31.2 Å². The summed E-state index contributed by atoms with van der Waals surface area (Å²) in [5.74, 6) is -0.956. The third-order valence-corrected chi connectivity index (χ3v) is 4.83. The summed E-state index contributed by atoms with van der Waals surface area (Å²) >= 11 is 6.89. The summed E-state index contributed by atoms with van der Waals surface area (Å²) in [5.41, 5.74) is 1.98. The van der Waals surface area contributed by atoms with Gasteiger partial charge >= 0.3 is 0 Å². The molecule has 1 heterocycles. The molecule has 9 heteroatoms. The highest BCUT2D eigenvalue weighted by Gasteiger charge is 2.20. The molecule has 0 aliphatic carbocycles. The lowest BCUT2D eigenvalue weighted by Gasteiger charge is -2.12. The first-order chi connectivity index (χ1) is 12.4. The Hall–Kier alpha value is -2.45. The van der Waals surface area contributed by atoms with E-state index in [9.17, 15) is 9.18 Å². The molecule has 3 aromatic rings. The van der Waals surface area contributed by atoms with Crippen molar-refractivity contribution in [2.24, 2.45) is 0 Å². The third-order valence-electron chi connectivity index (χ3n) is 3.56. The number of halogens is 2. The van der Waals surface area contributed by atoms with Gasteiger partial charge in [0.1, 0.15) is 5.82 Å². The molecule has 3 rings (SSSR count). The van der Waals surface area contributed by atoms with Crippen LogP contribution in [0.1, 0.15) is 12.5 Å². The SMILES string of the molecule is Cc1ccc(-n2nnnc2SC(C)C(=O)Nc2ccc(Cl)cc2F)cc1. The van der Waals surface area contributed by atoms with Gasteiger partial charge in [-0.3, -0.25) is 4.79 Å². The molecular weight excluding hydrogens is 377 g/mol. The van der Waals surface area contributed by atoms with Crippen LogP contribution < -0.4 is 5.32 Å². The van der Waals surface area contributed by atoms with Crippen molar-refractivity contribution in [2.45, 2.75) is 24.3 Å². The summed E-state index contributed by atoms with van der Waals surface area (Å²) in [6, 6.07) is 11.8. The predicted molar refractivity (Wildman–Crippen MR) is 99.2 cm³/mol. The summed E-state index contributed by atoms with van der Waals surface area (Å²) in [4.78, 5) is 12.4. The molecule has 134 valence electrons. The lowest BCUT2D eigenvalue weighted by molar-refractivity contribution is -0.115. The molecule has 26 heavy (non-hydrogen) atoms. The molecule has 2 aromatic carbocycles. The van der Waals surface area contributed by atoms with Crippen LogP contribution in [-0.2, 0) is 4.79 Å². The molecule has 0 spiro atoms. The van der Waals surface area contributed by atoms with Crippen molar-refractivity contribution in [3.63, 3.8) is 0 Å². The third kappa shape index (κ3) is 4.20. The Morgan fingerprint density at radius 3 is 2.69 bits per heavy atom. The second-order valence-electron chi connectivity index (χ2n) is 5.58. The van der Waals surface area contributed by atoms with Crippen LogP contribution >= 0.6 is 23.4 Å². The number of carbonyl (C=O) groups excluding carboxylic acids is 1. The Kier molecular flexibility index (Phi) is 5.53. The molecule has 0 radical (unpaired) electrons. The van der Waals surface area contributed by atoms with Crippen LogP contribution in [0.3, 0.4) is 0 Å². The molecule has 1 aromatic heterocycles. The van der Waals surface area contributed by atoms with E-state index in [1.54, 1.807) is 11.6 Å². The second-order valence-corrected chi connectivity index (χ2v) is 7.33. The fraction of sp³-hybridized carbons (Fsp3) is 0.176. The van der Waals surface area contributed by atoms with Gasteiger partial charge in [-0.05, 0) is 54.6 Å². The van der Waals surface area contributed by atoms with Gasteiger partial charge in [0, 0.05) is 5.02 Å². The fourth-order valence-electron chi connectivity index (χ4n) is 2.14. The molecular formula is C17H15ClFN5OS. The molecule has 0 saturated carbocycles. The average molecular weight is 392 g/mol. The van der Waals surface area contributed by atoms with Gasteiger partial charge in [-0.15, -0.1) is 5.10 Å². The maximum absolute atomic E-state index is 13.8. The number of tetrazole rings is 1. The van der Waals surface area contributed by atoms with Crippen molar-refractivity contribution in [3.8, 4) is 5.69 Å². The Balaban J connectivity index is 1.72. The molecule has 1 N–H and O–H groups in total. The van der Waals surface area contributed by atoms with E-state index in [4.69, 9.17) is 11.6 Å². The maximum atomic E-state index is 13.8. The first-order valence-corrected chi connectivity index (χ1v) is 8.98. The Bertz CT molecular complexity index is 931. The van der Waals surface area contributed by atoms with Crippen LogP contribution in [0.2, 0.25) is 5.02 Å². The highest BCUT2D eigenvalue weighted by Crippen LogP contribution is 2.25. The second kappa shape index (κ2) is 7.84. The van der Waals surface area contributed by atoms with Crippen LogP contribution in [-0.4, -0.2) is 31.4 Å². The Morgan fingerprint density at radius 2 is 2.00 bits per heavy atom. The van der Waals surface area contributed by atoms with Gasteiger partial charge in [-0.2, -0.15) is 4.68 Å². The molecule has 0 bridgehead atoms. The minimum absolute atomic E-state index is 0.0741. The number of aromatic nitrogens is 4. The molecule has 0 saturated heterocycles. The molecule has 1 amide bonds. The summed E-state index contributed by atoms with van der Waals surface area (Å²) < 4.78 is 15.4. The number of benzene rings is 2. The molecule has 0 aliphatic rings. The summed E-state index contributed by atoms with van der Waals surface area (Å²) in [7, 11) is 0. The Labute approximate surface area is 158 Å². The van der Waals surface area contributed by atoms with E-state index < -0.39 is 11.1 Å². The summed E-state index contributed by atoms with van der Waals surface area (Å²) in [6.07, 6.45) is 0. The van der Waals surface area contributed by atoms with Crippen LogP contribution in [0.15, 0.2) is 47.6 Å². The normalized spacial score (nSPS) is 12.0. The monoisotopic (exact) mass is 391 g/mol. The molecule has 1 atom stereocenters. The first-order valence-electron chi connectivity index (χ1n) is 7.72. The van der Waals surface area contributed by atoms with Gasteiger partial charge in [-0.25, -0.2) is 4.39 Å². The van der Waals surface area contributed by atoms with E-state index in [2.05, 4.69) is 20.8 Å². The van der Waals surface area contributed by atoms with Crippen molar-refractivity contribution in [3.05, 3.63) is 58.9 Å². The zero-order valence-electron chi connectivity index (χ0n) is 14.0. The standard InChI is InChI=1S/C17H15ClFN5OS/c1-10-3-6-13(7-4-10)24-17(21-22-23-24)26-11(2)16(25)20-15-8-5-12(18)9-14(15)19/h3-9,11H,1-2H3,(H,20,25). The summed E-state index contributed by atoms with van der Waals surface area (Å²) in [5, 5.41) is 14.3. The fourth-order valence-corrected chi connectivity index (χ4v) is 3.10. The van der Waals surface area contributed by atoms with Gasteiger partial charge in [0.15, 0.2) is 0 Å². The van der Waals surface area contributed by atoms with E-state index in [1.165, 1.54) is 23.9 Å². The number of hydrogen-bond donors (Lipinski definition) is 1. The number of rotatable bonds is 5. The van der Waals surface area contributed by atoms with E-state index >= 15 is 0 Å². The summed E-state index contributed by atoms with van der Waals surface area (Å²) in [6.45, 7) is 3.68. The van der Waals surface area contributed by atoms with Gasteiger partial charge in [0.2, 0.25) is 11.1 Å². The van der Waals surface area contributed by atoms with Crippen LogP contribution in [0.25, 0.3) is 5.69 Å². The minimum atomic E-state index is -0.590. The van der Waals surface area contributed by atoms with Crippen molar-refractivity contribution in [2.75, 3.05) is 5.32 Å². The van der Waals surface area contributed by atoms with Gasteiger partial charge in [-0.1, -0.05) is 41.1 Å². The number of nitrogens with zero attached hydrogens (tertiary/aromatic N) is 4. The van der Waals surface area contributed by atoms with Crippen molar-refractivity contribution >= 4 is 35.0 Å². The highest BCUT2D eigenvalue weighted by molar-refractivity contribution is 8.00. The lowest BCUT2D eigenvalue weighted by Crippen LogP contribution is -2.23. The number of thioether (sulfide) groups is 1. The molecule has 6 nitrogen and oxygen atoms in total. The quantitative estimate of drug-likeness (QED) is 0.668. The average Bonchev–Trinajstić information content (AvgIpc) is 3.06. The smallest absolute Gasteiger partial charge is 0.237 e. The highest BCUT2D eigenvalue weighted by atomic mass is 35.5. The Morgan fingerprint density at radius 1 is 1.27 bits per heavy atom. The largest absolute Gasteiger partial charge is 0.323 e. The zero-order valence-corrected chi connectivity index (χ0v) is 15.6. The number of amides is 1. The van der Waals surface area contributed by atoms with Crippen LogP contribution in [0.5, 0.6) is 0 Å². The van der Waals surface area contributed by atoms with Crippen molar-refractivity contribution in [1.29, 1.82) is 0 Å². The predicted octanol–water partition coefficient (Wildman–Crippen LogP) is 3.88. The maximum Gasteiger partial charge on any atom is 0.237 e. The molecule has 0 fully saturated rings. The van der Waals surface area contributed by atoms with E-state index in [-0.39, 0.29) is 16.6 Å². The van der Waals surface area contributed by atoms with Gasteiger partial charge in [0.25, 0.3) is 0 Å². The first kappa shape index (κ1) is 18.3. The van der Waals surface area contributed by atoms with Crippen LogP contribution in [0.4, 0.5) is 10.1 Å². The van der Waals surface area contributed by atoms with E-state index in [0.717, 1.165) is 17.3 Å². The molecule has 0 aliphatic heterocycles. The van der Waals surface area contributed by atoms with Gasteiger partial charge in [0.05, 0.1) is 16.6 Å². The van der Waals surface area contributed by atoms with E-state index in [0.29, 0.717) is 5.16 Å². The number of nitrogens with one attached hydrogen (secondary N) is 1.